The molecule has 1 heterocycles. The molecule has 0 amide bonds. The number of allylic oxidation sites excluding steroid dienone is 4. The van der Waals surface area contributed by atoms with Gasteiger partial charge in [0, 0.05) is 36.7 Å². The number of rotatable bonds is 0. The van der Waals surface area contributed by atoms with Crippen molar-refractivity contribution in [2.24, 2.45) is 0 Å². The van der Waals surface area contributed by atoms with E-state index in [1.165, 1.54) is 18.4 Å². The molecule has 1 aliphatic heterocycles. The average molecular weight is 262 g/mol. The van der Waals surface area contributed by atoms with E-state index in [0.717, 1.165) is 13.2 Å². The Morgan fingerprint density at radius 3 is 1.69 bits per heavy atom. The molecule has 4 heteroatoms. The molecule has 0 bridgehead atoms. The van der Waals surface area contributed by atoms with Gasteiger partial charge in [0.05, 0.1) is 0 Å². The zero-order chi connectivity index (χ0) is 11.9. The number of ether oxygens (including phenoxy) is 1. The first kappa shape index (κ1) is 20.8. The summed E-state index contributed by atoms with van der Waals surface area (Å²) >= 11 is 0. The first-order chi connectivity index (χ1) is 7.39. The molecule has 0 unspecified atom stereocenters. The second kappa shape index (κ2) is 19.9. The second-order valence-corrected chi connectivity index (χ2v) is 2.78. The van der Waals surface area contributed by atoms with Crippen molar-refractivity contribution in [1.82, 2.24) is 0 Å². The second-order valence-electron chi connectivity index (χ2n) is 2.78. The summed E-state index contributed by atoms with van der Waals surface area (Å²) in [5.74, 6) is 0. The summed E-state index contributed by atoms with van der Waals surface area (Å²) < 4.78 is 19.9. The molecule has 2 rings (SSSR count). The molecule has 0 N–H and O–H groups in total. The quantitative estimate of drug-likeness (QED) is 0.375. The maximum absolute atomic E-state index is 7.50. The van der Waals surface area contributed by atoms with Crippen molar-refractivity contribution in [3.63, 3.8) is 0 Å². The molecule has 0 aromatic rings. The summed E-state index contributed by atoms with van der Waals surface area (Å²) in [5, 5.41) is 0. The van der Waals surface area contributed by atoms with Gasteiger partial charge in [0.1, 0.15) is 0 Å². The van der Waals surface area contributed by atoms with Gasteiger partial charge in [-0.05, 0) is 19.8 Å². The van der Waals surface area contributed by atoms with Crippen molar-refractivity contribution >= 4 is 0 Å². The smallest absolute Gasteiger partial charge is 0 e. The first-order valence-corrected chi connectivity index (χ1v) is 4.56. The van der Waals surface area contributed by atoms with Crippen LogP contribution < -0.4 is 0 Å². The van der Waals surface area contributed by atoms with Gasteiger partial charge in [-0.1, -0.05) is 23.8 Å². The van der Waals surface area contributed by atoms with Crippen LogP contribution in [0.25, 0.3) is 0 Å². The summed E-state index contributed by atoms with van der Waals surface area (Å²) in [7, 11) is 0. The molecule has 16 heavy (non-hydrogen) atoms. The molecule has 88 valence electrons. The van der Waals surface area contributed by atoms with Crippen LogP contribution in [0.1, 0.15) is 19.8 Å². The molecule has 0 spiro atoms. The third kappa shape index (κ3) is 15.9. The minimum absolute atomic E-state index is 0. The van der Waals surface area contributed by atoms with Gasteiger partial charge in [0.2, 0.25) is 0 Å². The van der Waals surface area contributed by atoms with Crippen LogP contribution >= 0.6 is 0 Å². The van der Waals surface area contributed by atoms with E-state index >= 15 is 0 Å². The van der Waals surface area contributed by atoms with Crippen molar-refractivity contribution < 1.29 is 31.1 Å². The molecule has 2 aliphatic rings. The summed E-state index contributed by atoms with van der Waals surface area (Å²) in [6.07, 6.45) is 10.8. The molecule has 0 saturated carbocycles. The van der Waals surface area contributed by atoms with E-state index in [0.29, 0.717) is 0 Å². The van der Waals surface area contributed by atoms with Crippen LogP contribution in [-0.2, 0) is 31.1 Å². The normalized spacial score (nSPS) is 14.7. The molecule has 2 radical (unpaired) electrons. The monoisotopic (exact) mass is 262 g/mol. The number of hydrogen-bond acceptors (Lipinski definition) is 1. The Morgan fingerprint density at radius 2 is 1.56 bits per heavy atom. The van der Waals surface area contributed by atoms with Crippen LogP contribution in [-0.4, -0.2) is 13.2 Å². The predicted octanol–water partition coefficient (Wildman–Crippen LogP) is 2.43. The maximum Gasteiger partial charge on any atom is 0 e. The Bertz CT molecular complexity index is 211. The molecule has 0 aromatic heterocycles. The molecule has 1 aliphatic carbocycles. The molecule has 0 aromatic carbocycles. The number of hydrogen-bond donors (Lipinski definition) is 0. The van der Waals surface area contributed by atoms with E-state index in [1.807, 2.05) is 12.2 Å². The van der Waals surface area contributed by atoms with Crippen LogP contribution in [0.5, 0.6) is 0 Å². The van der Waals surface area contributed by atoms with E-state index in [1.54, 1.807) is 0 Å². The average Bonchev–Trinajstić information content (AvgIpc) is 2.98. The van der Waals surface area contributed by atoms with Crippen LogP contribution in [0, 0.1) is 19.7 Å². The SMILES string of the molecule is C1CCOC1.CC1=CC=C[CH]1.[C-]#[O+].[C-]#[O+].[Mn]. The van der Waals surface area contributed by atoms with Gasteiger partial charge in [0.25, 0.3) is 0 Å². The van der Waals surface area contributed by atoms with Gasteiger partial charge in [0.15, 0.2) is 0 Å². The standard InChI is InChI=1S/C6H7.C4H8O.2CO.Mn/c1-6-4-2-3-5-6;1-2-4-5-3-1;2*1-2;/h2-5H,1H3;1-4H2;;;. The zero-order valence-corrected chi connectivity index (χ0v) is 10.4. The fourth-order valence-corrected chi connectivity index (χ4v) is 0.981. The molecular formula is C12H15MnO3. The summed E-state index contributed by atoms with van der Waals surface area (Å²) in [5.41, 5.74) is 1.34. The summed E-state index contributed by atoms with van der Waals surface area (Å²) in [4.78, 5) is 0. The zero-order valence-electron chi connectivity index (χ0n) is 9.24. The van der Waals surface area contributed by atoms with Gasteiger partial charge in [-0.25, -0.2) is 0 Å². The Morgan fingerprint density at radius 1 is 1.06 bits per heavy atom. The third-order valence-corrected chi connectivity index (χ3v) is 1.66. The minimum atomic E-state index is 0. The molecule has 0 atom stereocenters. The van der Waals surface area contributed by atoms with E-state index in [9.17, 15) is 0 Å². The minimum Gasteiger partial charge on any atom is 0 e. The topological polar surface area (TPSA) is 49.0 Å². The van der Waals surface area contributed by atoms with Gasteiger partial charge in [-0.3, -0.25) is 0 Å². The fourth-order valence-electron chi connectivity index (χ4n) is 0.981. The van der Waals surface area contributed by atoms with Crippen LogP contribution in [0.3, 0.4) is 0 Å². The van der Waals surface area contributed by atoms with E-state index in [4.69, 9.17) is 14.0 Å². The summed E-state index contributed by atoms with van der Waals surface area (Å²) in [6, 6.07) is 0. The third-order valence-electron chi connectivity index (χ3n) is 1.66. The van der Waals surface area contributed by atoms with Crippen molar-refractivity contribution in [3.05, 3.63) is 43.5 Å². The Balaban J connectivity index is -0.000000156. The molecule has 1 saturated heterocycles. The Kier molecular flexibility index (Phi) is 25.9. The van der Waals surface area contributed by atoms with Crippen molar-refractivity contribution in [1.29, 1.82) is 0 Å². The van der Waals surface area contributed by atoms with E-state index in [2.05, 4.69) is 32.7 Å². The molecule has 1 fully saturated rings. The largest absolute Gasteiger partial charge is 0 e. The van der Waals surface area contributed by atoms with Crippen LogP contribution in [0.4, 0.5) is 0 Å². The van der Waals surface area contributed by atoms with E-state index < -0.39 is 0 Å². The van der Waals surface area contributed by atoms with Crippen molar-refractivity contribution in [2.45, 2.75) is 19.8 Å². The van der Waals surface area contributed by atoms with Crippen LogP contribution in [0.15, 0.2) is 23.8 Å². The van der Waals surface area contributed by atoms with Gasteiger partial charge in [-0.2, -0.15) is 0 Å². The Hall–Kier alpha value is -0.561. The Labute approximate surface area is 108 Å². The maximum atomic E-state index is 7.50. The van der Waals surface area contributed by atoms with Gasteiger partial charge >= 0.3 is 22.6 Å². The van der Waals surface area contributed by atoms with Crippen LogP contribution in [0.2, 0.25) is 0 Å². The predicted molar refractivity (Wildman–Crippen MR) is 55.1 cm³/mol. The fraction of sp³-hybridized carbons (Fsp3) is 0.417. The van der Waals surface area contributed by atoms with E-state index in [-0.39, 0.29) is 17.1 Å². The van der Waals surface area contributed by atoms with Gasteiger partial charge in [-0.15, -0.1) is 0 Å². The molecule has 3 nitrogen and oxygen atoms in total. The first-order valence-electron chi connectivity index (χ1n) is 4.56. The van der Waals surface area contributed by atoms with Gasteiger partial charge < -0.3 is 4.74 Å². The summed E-state index contributed by atoms with van der Waals surface area (Å²) in [6.45, 7) is 13.1. The molecular weight excluding hydrogens is 247 g/mol. The van der Waals surface area contributed by atoms with Crippen molar-refractivity contribution in [2.75, 3.05) is 13.2 Å². The van der Waals surface area contributed by atoms with Crippen molar-refractivity contribution in [3.8, 4) is 0 Å².